The van der Waals surface area contributed by atoms with Crippen LogP contribution in [0.2, 0.25) is 0 Å². The Bertz CT molecular complexity index is 283. The maximum Gasteiger partial charge on any atom is 0.0704 e. The van der Waals surface area contributed by atoms with Crippen molar-refractivity contribution in [1.29, 1.82) is 0 Å². The SMILES string of the molecule is [CH2]OC/C=C/c1ccc(C(C)C)cc1. The van der Waals surface area contributed by atoms with E-state index in [-0.39, 0.29) is 0 Å². The van der Waals surface area contributed by atoms with Gasteiger partial charge in [-0.1, -0.05) is 50.3 Å². The standard InChI is InChI=1S/C13H17O/c1-11(2)13-8-6-12(7-9-13)5-4-10-14-3/h4-9,11H,3,10H2,1-2H3/b5-4+. The number of hydrogen-bond donors (Lipinski definition) is 0. The largest absolute Gasteiger partial charge is 0.375 e. The van der Waals surface area contributed by atoms with Gasteiger partial charge >= 0.3 is 0 Å². The minimum absolute atomic E-state index is 0.561. The van der Waals surface area contributed by atoms with Crippen LogP contribution in [0.3, 0.4) is 0 Å². The molecule has 14 heavy (non-hydrogen) atoms. The average molecular weight is 189 g/mol. The van der Waals surface area contributed by atoms with Gasteiger partial charge in [0.15, 0.2) is 0 Å². The lowest BCUT2D eigenvalue weighted by Gasteiger charge is -2.04. The maximum absolute atomic E-state index is 4.69. The van der Waals surface area contributed by atoms with Gasteiger partial charge in [0.05, 0.1) is 13.7 Å². The van der Waals surface area contributed by atoms with Crippen LogP contribution in [0.15, 0.2) is 30.3 Å². The molecule has 0 aliphatic rings. The normalized spacial score (nSPS) is 11.4. The van der Waals surface area contributed by atoms with Crippen LogP contribution in [0, 0.1) is 7.11 Å². The van der Waals surface area contributed by atoms with E-state index in [4.69, 9.17) is 0 Å². The highest BCUT2D eigenvalue weighted by molar-refractivity contribution is 5.49. The molecule has 1 aromatic carbocycles. The third-order valence-electron chi connectivity index (χ3n) is 2.13. The first kappa shape index (κ1) is 11.0. The highest BCUT2D eigenvalue weighted by atomic mass is 16.5. The van der Waals surface area contributed by atoms with Crippen molar-refractivity contribution in [3.05, 3.63) is 48.6 Å². The molecule has 75 valence electrons. The molecular weight excluding hydrogens is 172 g/mol. The molecule has 0 amide bonds. The third kappa shape index (κ3) is 3.35. The van der Waals surface area contributed by atoms with Crippen LogP contribution in [-0.4, -0.2) is 6.61 Å². The number of rotatable bonds is 4. The smallest absolute Gasteiger partial charge is 0.0704 e. The summed E-state index contributed by atoms with van der Waals surface area (Å²) in [6.07, 6.45) is 3.99. The monoisotopic (exact) mass is 189 g/mol. The van der Waals surface area contributed by atoms with Gasteiger partial charge in [-0.3, -0.25) is 0 Å². The predicted molar refractivity (Wildman–Crippen MR) is 60.9 cm³/mol. The molecule has 0 heterocycles. The molecule has 0 aromatic heterocycles. The van der Waals surface area contributed by atoms with Gasteiger partial charge in [-0.05, 0) is 17.0 Å². The Kier molecular flexibility index (Phi) is 4.41. The van der Waals surface area contributed by atoms with Gasteiger partial charge in [-0.2, -0.15) is 0 Å². The van der Waals surface area contributed by atoms with Crippen LogP contribution < -0.4 is 0 Å². The fourth-order valence-electron chi connectivity index (χ4n) is 1.24. The molecule has 1 nitrogen and oxygen atoms in total. The first-order valence-electron chi connectivity index (χ1n) is 4.87. The molecule has 1 rings (SSSR count). The molecule has 0 unspecified atom stereocenters. The lowest BCUT2D eigenvalue weighted by atomic mass is 10.0. The summed E-state index contributed by atoms with van der Waals surface area (Å²) < 4.78 is 4.69. The summed E-state index contributed by atoms with van der Waals surface area (Å²) in [5.41, 5.74) is 2.57. The molecule has 1 heteroatoms. The van der Waals surface area contributed by atoms with Gasteiger partial charge in [0.2, 0.25) is 0 Å². The van der Waals surface area contributed by atoms with Crippen LogP contribution in [0.25, 0.3) is 6.08 Å². The molecule has 0 aliphatic carbocycles. The lowest BCUT2D eigenvalue weighted by molar-refractivity contribution is 0.282. The molecular formula is C13H17O. The molecule has 0 bridgehead atoms. The van der Waals surface area contributed by atoms with Crippen LogP contribution >= 0.6 is 0 Å². The van der Waals surface area contributed by atoms with Crippen molar-refractivity contribution in [3.63, 3.8) is 0 Å². The van der Waals surface area contributed by atoms with Crippen LogP contribution in [0.4, 0.5) is 0 Å². The molecule has 0 saturated carbocycles. The summed E-state index contributed by atoms with van der Waals surface area (Å²) in [6, 6.07) is 8.56. The van der Waals surface area contributed by atoms with Crippen molar-refractivity contribution >= 4 is 6.08 Å². The van der Waals surface area contributed by atoms with Gasteiger partial charge in [0.25, 0.3) is 0 Å². The highest BCUT2D eigenvalue weighted by Crippen LogP contribution is 2.15. The molecule has 0 aliphatic heterocycles. The van der Waals surface area contributed by atoms with E-state index >= 15 is 0 Å². The van der Waals surface area contributed by atoms with Crippen molar-refractivity contribution in [2.75, 3.05) is 6.61 Å². The zero-order chi connectivity index (χ0) is 10.4. The summed E-state index contributed by atoms with van der Waals surface area (Å²) in [5.74, 6) is 0.594. The van der Waals surface area contributed by atoms with E-state index in [9.17, 15) is 0 Å². The molecule has 0 saturated heterocycles. The van der Waals surface area contributed by atoms with Gasteiger partial charge in [0.1, 0.15) is 0 Å². The zero-order valence-corrected chi connectivity index (χ0v) is 8.86. The second kappa shape index (κ2) is 5.61. The molecule has 0 spiro atoms. The van der Waals surface area contributed by atoms with Crippen molar-refractivity contribution in [3.8, 4) is 0 Å². The van der Waals surface area contributed by atoms with E-state index in [0.717, 1.165) is 0 Å². The minimum atomic E-state index is 0.561. The predicted octanol–water partition coefficient (Wildman–Crippen LogP) is 3.63. The topological polar surface area (TPSA) is 9.23 Å². The molecule has 1 radical (unpaired) electrons. The molecule has 0 atom stereocenters. The number of ether oxygens (including phenoxy) is 1. The Balaban J connectivity index is 2.64. The van der Waals surface area contributed by atoms with E-state index in [1.807, 2.05) is 12.2 Å². The summed E-state index contributed by atoms with van der Waals surface area (Å²) in [7, 11) is 3.30. The fourth-order valence-corrected chi connectivity index (χ4v) is 1.24. The highest BCUT2D eigenvalue weighted by Gasteiger charge is 1.96. The van der Waals surface area contributed by atoms with Gasteiger partial charge < -0.3 is 4.74 Å². The minimum Gasteiger partial charge on any atom is -0.375 e. The Hall–Kier alpha value is -1.08. The Morgan fingerprint density at radius 3 is 2.43 bits per heavy atom. The first-order chi connectivity index (χ1) is 6.74. The van der Waals surface area contributed by atoms with Crippen molar-refractivity contribution in [2.24, 2.45) is 0 Å². The number of benzene rings is 1. The summed E-state index contributed by atoms with van der Waals surface area (Å²) in [4.78, 5) is 0. The fraction of sp³-hybridized carbons (Fsp3) is 0.308. The lowest BCUT2D eigenvalue weighted by Crippen LogP contribution is -1.86. The second-order valence-electron chi connectivity index (χ2n) is 3.59. The quantitative estimate of drug-likeness (QED) is 0.702. The second-order valence-corrected chi connectivity index (χ2v) is 3.59. The van der Waals surface area contributed by atoms with E-state index in [2.05, 4.69) is 50.0 Å². The van der Waals surface area contributed by atoms with Crippen LogP contribution in [0.5, 0.6) is 0 Å². The van der Waals surface area contributed by atoms with Gasteiger partial charge in [-0.25, -0.2) is 0 Å². The molecule has 1 aromatic rings. The first-order valence-corrected chi connectivity index (χ1v) is 4.87. The van der Waals surface area contributed by atoms with Gasteiger partial charge in [0, 0.05) is 0 Å². The summed E-state index contributed by atoms with van der Waals surface area (Å²) in [6.45, 7) is 4.95. The Labute approximate surface area is 86.4 Å². The van der Waals surface area contributed by atoms with Crippen molar-refractivity contribution in [2.45, 2.75) is 19.8 Å². The van der Waals surface area contributed by atoms with E-state index in [0.29, 0.717) is 12.5 Å². The van der Waals surface area contributed by atoms with Crippen LogP contribution in [-0.2, 0) is 4.74 Å². The van der Waals surface area contributed by atoms with Crippen LogP contribution in [0.1, 0.15) is 30.9 Å². The summed E-state index contributed by atoms with van der Waals surface area (Å²) in [5, 5.41) is 0. The van der Waals surface area contributed by atoms with Gasteiger partial charge in [-0.15, -0.1) is 0 Å². The van der Waals surface area contributed by atoms with E-state index < -0.39 is 0 Å². The maximum atomic E-state index is 4.69. The van der Waals surface area contributed by atoms with E-state index in [1.54, 1.807) is 0 Å². The van der Waals surface area contributed by atoms with Crippen molar-refractivity contribution in [1.82, 2.24) is 0 Å². The molecule has 0 fully saturated rings. The Morgan fingerprint density at radius 2 is 1.93 bits per heavy atom. The molecule has 0 N–H and O–H groups in total. The Morgan fingerprint density at radius 1 is 1.29 bits per heavy atom. The van der Waals surface area contributed by atoms with E-state index in [1.165, 1.54) is 11.1 Å². The third-order valence-corrected chi connectivity index (χ3v) is 2.13. The number of hydrogen-bond acceptors (Lipinski definition) is 1. The zero-order valence-electron chi connectivity index (χ0n) is 8.86. The summed E-state index contributed by atoms with van der Waals surface area (Å²) >= 11 is 0. The van der Waals surface area contributed by atoms with Crippen molar-refractivity contribution < 1.29 is 4.74 Å². The average Bonchev–Trinajstić information content (AvgIpc) is 2.19.